The van der Waals surface area contributed by atoms with E-state index >= 15 is 0 Å². The third kappa shape index (κ3) is 6.61. The van der Waals surface area contributed by atoms with Gasteiger partial charge in [0.25, 0.3) is 0 Å². The van der Waals surface area contributed by atoms with Crippen molar-refractivity contribution >= 4 is 5.97 Å². The van der Waals surface area contributed by atoms with Crippen LogP contribution in [0, 0.1) is 5.82 Å². The van der Waals surface area contributed by atoms with E-state index in [2.05, 4.69) is 6.92 Å². The molecule has 0 aliphatic rings. The second-order valence-corrected chi connectivity index (χ2v) is 5.44. The summed E-state index contributed by atoms with van der Waals surface area (Å²) >= 11 is 0. The van der Waals surface area contributed by atoms with Crippen LogP contribution in [-0.2, 0) is 4.74 Å². The first kappa shape index (κ1) is 17.5. The third-order valence-corrected chi connectivity index (χ3v) is 3.45. The van der Waals surface area contributed by atoms with Crippen LogP contribution in [0.3, 0.4) is 0 Å². The van der Waals surface area contributed by atoms with Crippen LogP contribution < -0.4 is 0 Å². The molecule has 0 heterocycles. The van der Waals surface area contributed by atoms with Crippen LogP contribution in [0.1, 0.15) is 69.2 Å². The molecule has 1 unspecified atom stereocenters. The molecule has 0 saturated heterocycles. The molecule has 0 radical (unpaired) electrons. The lowest BCUT2D eigenvalue weighted by atomic mass is 10.1. The molecule has 1 N–H and O–H groups in total. The number of ether oxygens (including phenoxy) is 1. The Kier molecular flexibility index (Phi) is 7.80. The first-order valence-electron chi connectivity index (χ1n) is 7.74. The average Bonchev–Trinajstić information content (AvgIpc) is 2.42. The smallest absolute Gasteiger partial charge is 0.341 e. The summed E-state index contributed by atoms with van der Waals surface area (Å²) in [6.07, 6.45) is 7.67. The van der Waals surface area contributed by atoms with Gasteiger partial charge in [-0.2, -0.15) is 0 Å². The van der Waals surface area contributed by atoms with E-state index in [-0.39, 0.29) is 17.4 Å². The summed E-state index contributed by atoms with van der Waals surface area (Å²) in [5.74, 6) is -1.64. The summed E-state index contributed by atoms with van der Waals surface area (Å²) in [6, 6.07) is 3.43. The molecule has 118 valence electrons. The molecular weight excluding hydrogens is 271 g/mol. The first-order chi connectivity index (χ1) is 10.0. The highest BCUT2D eigenvalue weighted by molar-refractivity contribution is 5.89. The van der Waals surface area contributed by atoms with Crippen molar-refractivity contribution in [2.45, 2.75) is 64.9 Å². The van der Waals surface area contributed by atoms with Gasteiger partial charge in [-0.05, 0) is 31.9 Å². The quantitative estimate of drug-likeness (QED) is 0.524. The van der Waals surface area contributed by atoms with E-state index in [4.69, 9.17) is 9.84 Å². The fourth-order valence-corrected chi connectivity index (χ4v) is 2.19. The molecule has 1 aromatic carbocycles. The number of hydrogen-bond acceptors (Lipinski definition) is 3. The predicted octanol–water partition coefficient (Wildman–Crippen LogP) is 4.83. The van der Waals surface area contributed by atoms with Gasteiger partial charge in [0.2, 0.25) is 0 Å². The van der Waals surface area contributed by atoms with E-state index < -0.39 is 11.8 Å². The molecule has 0 saturated carbocycles. The lowest BCUT2D eigenvalue weighted by molar-refractivity contribution is 0.0314. The lowest BCUT2D eigenvalue weighted by Gasteiger charge is -2.13. The van der Waals surface area contributed by atoms with Gasteiger partial charge in [-0.1, -0.05) is 39.0 Å². The van der Waals surface area contributed by atoms with Crippen LogP contribution in [-0.4, -0.2) is 17.2 Å². The van der Waals surface area contributed by atoms with Gasteiger partial charge in [0.05, 0.1) is 11.7 Å². The zero-order valence-corrected chi connectivity index (χ0v) is 12.9. The number of aromatic hydroxyl groups is 1. The van der Waals surface area contributed by atoms with Crippen LogP contribution in [0.2, 0.25) is 0 Å². The fraction of sp³-hybridized carbons (Fsp3) is 0.588. The Bertz CT molecular complexity index is 446. The molecule has 0 aliphatic heterocycles. The minimum Gasteiger partial charge on any atom is -0.508 e. The number of unbranched alkanes of at least 4 members (excludes halogenated alkanes) is 5. The van der Waals surface area contributed by atoms with Gasteiger partial charge in [-0.3, -0.25) is 0 Å². The normalized spacial score (nSPS) is 12.1. The van der Waals surface area contributed by atoms with Crippen molar-refractivity contribution in [2.75, 3.05) is 0 Å². The van der Waals surface area contributed by atoms with Gasteiger partial charge in [-0.15, -0.1) is 0 Å². The summed E-state index contributed by atoms with van der Waals surface area (Å²) in [6.45, 7) is 4.01. The minimum absolute atomic E-state index is 0.136. The highest BCUT2D eigenvalue weighted by atomic mass is 19.1. The Hall–Kier alpha value is -1.58. The topological polar surface area (TPSA) is 46.5 Å². The molecular formula is C17H25FO3. The number of esters is 1. The van der Waals surface area contributed by atoms with E-state index in [1.807, 2.05) is 6.92 Å². The number of phenolic OH excluding ortho intramolecular Hbond substituents is 1. The number of phenols is 1. The number of carbonyl (C=O) groups excluding carboxylic acids is 1. The van der Waals surface area contributed by atoms with E-state index in [1.54, 1.807) is 0 Å². The van der Waals surface area contributed by atoms with Gasteiger partial charge in [-0.25, -0.2) is 9.18 Å². The molecule has 0 bridgehead atoms. The highest BCUT2D eigenvalue weighted by Gasteiger charge is 2.16. The van der Waals surface area contributed by atoms with Crippen molar-refractivity contribution < 1.29 is 19.0 Å². The van der Waals surface area contributed by atoms with Crippen molar-refractivity contribution in [3.8, 4) is 5.75 Å². The number of halogens is 1. The molecule has 1 rings (SSSR count). The van der Waals surface area contributed by atoms with Crippen molar-refractivity contribution in [3.05, 3.63) is 29.6 Å². The van der Waals surface area contributed by atoms with Gasteiger partial charge in [0.15, 0.2) is 0 Å². The summed E-state index contributed by atoms with van der Waals surface area (Å²) in [5.41, 5.74) is -0.136. The Morgan fingerprint density at radius 1 is 1.24 bits per heavy atom. The van der Waals surface area contributed by atoms with Crippen molar-refractivity contribution in [3.63, 3.8) is 0 Å². The molecule has 0 spiro atoms. The van der Waals surface area contributed by atoms with Gasteiger partial charge < -0.3 is 9.84 Å². The van der Waals surface area contributed by atoms with Crippen LogP contribution >= 0.6 is 0 Å². The second-order valence-electron chi connectivity index (χ2n) is 5.44. The molecule has 4 heteroatoms. The maximum absolute atomic E-state index is 13.5. The first-order valence-corrected chi connectivity index (χ1v) is 7.74. The Morgan fingerprint density at radius 3 is 2.57 bits per heavy atom. The monoisotopic (exact) mass is 296 g/mol. The zero-order valence-electron chi connectivity index (χ0n) is 12.9. The Labute approximate surface area is 126 Å². The fourth-order valence-electron chi connectivity index (χ4n) is 2.19. The van der Waals surface area contributed by atoms with Crippen molar-refractivity contribution in [1.82, 2.24) is 0 Å². The van der Waals surface area contributed by atoms with E-state index in [9.17, 15) is 9.18 Å². The molecule has 0 amide bonds. The molecule has 0 aliphatic carbocycles. The summed E-state index contributed by atoms with van der Waals surface area (Å²) in [7, 11) is 0. The molecule has 0 fully saturated rings. The molecule has 1 aromatic rings. The zero-order chi connectivity index (χ0) is 15.7. The van der Waals surface area contributed by atoms with E-state index in [1.165, 1.54) is 37.8 Å². The molecule has 21 heavy (non-hydrogen) atoms. The van der Waals surface area contributed by atoms with E-state index in [0.29, 0.717) is 0 Å². The Balaban J connectivity index is 2.30. The van der Waals surface area contributed by atoms with Crippen molar-refractivity contribution in [2.24, 2.45) is 0 Å². The molecule has 1 atom stereocenters. The SMILES string of the molecule is CCCCCCCCC(C)OC(=O)c1ccc(O)cc1F. The lowest BCUT2D eigenvalue weighted by Crippen LogP contribution is -2.16. The second kappa shape index (κ2) is 9.37. The molecule has 0 aromatic heterocycles. The van der Waals surface area contributed by atoms with Gasteiger partial charge in [0, 0.05) is 6.07 Å². The number of benzene rings is 1. The van der Waals surface area contributed by atoms with Crippen LogP contribution in [0.25, 0.3) is 0 Å². The molecule has 3 nitrogen and oxygen atoms in total. The van der Waals surface area contributed by atoms with Crippen LogP contribution in [0.4, 0.5) is 4.39 Å². The largest absolute Gasteiger partial charge is 0.508 e. The van der Waals surface area contributed by atoms with E-state index in [0.717, 1.165) is 25.3 Å². The summed E-state index contributed by atoms with van der Waals surface area (Å²) in [4.78, 5) is 11.8. The highest BCUT2D eigenvalue weighted by Crippen LogP contribution is 2.17. The number of rotatable bonds is 9. The average molecular weight is 296 g/mol. The van der Waals surface area contributed by atoms with Crippen LogP contribution in [0.15, 0.2) is 18.2 Å². The summed E-state index contributed by atoms with van der Waals surface area (Å²) in [5, 5.41) is 9.11. The summed E-state index contributed by atoms with van der Waals surface area (Å²) < 4.78 is 18.7. The maximum Gasteiger partial charge on any atom is 0.341 e. The predicted molar refractivity (Wildman–Crippen MR) is 80.9 cm³/mol. The third-order valence-electron chi connectivity index (χ3n) is 3.45. The van der Waals surface area contributed by atoms with Gasteiger partial charge in [0.1, 0.15) is 11.6 Å². The van der Waals surface area contributed by atoms with Crippen LogP contribution in [0.5, 0.6) is 5.75 Å². The maximum atomic E-state index is 13.5. The number of hydrogen-bond donors (Lipinski definition) is 1. The number of carbonyl (C=O) groups is 1. The minimum atomic E-state index is -0.758. The van der Waals surface area contributed by atoms with Gasteiger partial charge >= 0.3 is 5.97 Å². The van der Waals surface area contributed by atoms with Crippen molar-refractivity contribution in [1.29, 1.82) is 0 Å². The standard InChI is InChI=1S/C17H25FO3/c1-3-4-5-6-7-8-9-13(2)21-17(20)15-11-10-14(19)12-16(15)18/h10-13,19H,3-9H2,1-2H3. The Morgan fingerprint density at radius 2 is 1.90 bits per heavy atom.